The number of benzene rings is 1. The van der Waals surface area contributed by atoms with E-state index in [2.05, 4.69) is 44.6 Å². The summed E-state index contributed by atoms with van der Waals surface area (Å²) in [5, 5.41) is 9.44. The topological polar surface area (TPSA) is 78.9 Å². The van der Waals surface area contributed by atoms with Gasteiger partial charge < -0.3 is 15.5 Å². The van der Waals surface area contributed by atoms with Crippen molar-refractivity contribution in [1.82, 2.24) is 25.3 Å². The van der Waals surface area contributed by atoms with E-state index in [4.69, 9.17) is 33.8 Å². The molecule has 0 radical (unpaired) electrons. The number of halogens is 1. The van der Waals surface area contributed by atoms with Gasteiger partial charge in [-0.05, 0) is 79.3 Å². The summed E-state index contributed by atoms with van der Waals surface area (Å²) in [6.07, 6.45) is 10.6. The second kappa shape index (κ2) is 11.9. The van der Waals surface area contributed by atoms with Crippen LogP contribution in [0.15, 0.2) is 59.0 Å². The Morgan fingerprint density at radius 3 is 2.62 bits per heavy atom. The maximum atomic E-state index is 6.15. The van der Waals surface area contributed by atoms with E-state index in [9.17, 15) is 0 Å². The first kappa shape index (κ1) is 26.1. The predicted octanol–water partition coefficient (Wildman–Crippen LogP) is 6.11. The molecule has 2 aromatic heterocycles. The van der Waals surface area contributed by atoms with Crippen molar-refractivity contribution in [2.45, 2.75) is 61.0 Å². The average Bonchev–Trinajstić information content (AvgIpc) is 3.39. The summed E-state index contributed by atoms with van der Waals surface area (Å²) >= 11 is 13.3. The molecule has 1 saturated heterocycles. The quantitative estimate of drug-likeness (QED) is 0.205. The van der Waals surface area contributed by atoms with Crippen molar-refractivity contribution < 1.29 is 0 Å². The minimum Gasteiger partial charge on any atom is -0.361 e. The molecule has 1 aliphatic heterocycles. The van der Waals surface area contributed by atoms with Gasteiger partial charge in [-0.3, -0.25) is 0 Å². The van der Waals surface area contributed by atoms with E-state index in [1.807, 2.05) is 24.3 Å². The number of nitrogens with one attached hydrogen (secondary N) is 2. The van der Waals surface area contributed by atoms with Crippen LogP contribution in [0.1, 0.15) is 51.0 Å². The fourth-order valence-corrected chi connectivity index (χ4v) is 6.33. The summed E-state index contributed by atoms with van der Waals surface area (Å²) in [7, 11) is 0. The number of aromatic nitrogens is 4. The molecule has 37 heavy (non-hydrogen) atoms. The van der Waals surface area contributed by atoms with Crippen LogP contribution < -0.4 is 15.5 Å². The van der Waals surface area contributed by atoms with Crippen LogP contribution in [-0.4, -0.2) is 44.7 Å². The third kappa shape index (κ3) is 6.69. The standard InChI is InChI=1S/C27H32ClN7S2/c1-19-6-4-15-35(17-19)22-16-23(37-26-29-13-5-14-30-26)33-24(32-22)34-25(36)31-18-27(11-2-3-12-27)20-7-9-21(28)10-8-20/h5,7-10,13-14,16,19H,2-4,6,11-12,15,17-18H2,1H3,(H2,31,32,33,34,36). The first-order chi connectivity index (χ1) is 18.0. The molecule has 1 aromatic carbocycles. The van der Waals surface area contributed by atoms with Gasteiger partial charge in [-0.15, -0.1) is 0 Å². The minimum absolute atomic E-state index is 0.0502. The molecular formula is C27H32ClN7S2. The molecule has 0 spiro atoms. The summed E-state index contributed by atoms with van der Waals surface area (Å²) in [5.74, 6) is 2.02. The lowest BCUT2D eigenvalue weighted by atomic mass is 9.79. The Balaban J connectivity index is 1.32. The van der Waals surface area contributed by atoms with Crippen molar-refractivity contribution in [1.29, 1.82) is 0 Å². The first-order valence-electron chi connectivity index (χ1n) is 12.9. The zero-order valence-electron chi connectivity index (χ0n) is 21.0. The first-order valence-corrected chi connectivity index (χ1v) is 14.5. The van der Waals surface area contributed by atoms with Gasteiger partial charge in [-0.1, -0.05) is 43.5 Å². The zero-order valence-corrected chi connectivity index (χ0v) is 23.4. The molecule has 3 heterocycles. The third-order valence-electron chi connectivity index (χ3n) is 7.24. The molecular weight excluding hydrogens is 522 g/mol. The number of nitrogens with zero attached hydrogens (tertiary/aromatic N) is 5. The minimum atomic E-state index is 0.0502. The Labute approximate surface area is 233 Å². The van der Waals surface area contributed by atoms with Crippen molar-refractivity contribution in [2.75, 3.05) is 29.9 Å². The lowest BCUT2D eigenvalue weighted by Crippen LogP contribution is -2.41. The number of hydrogen-bond donors (Lipinski definition) is 2. The molecule has 7 nitrogen and oxygen atoms in total. The summed E-state index contributed by atoms with van der Waals surface area (Å²) in [5.41, 5.74) is 1.36. The SMILES string of the molecule is CC1CCCN(c2cc(Sc3ncccn3)nc(NC(=S)NCC3(c4ccc(Cl)cc4)CCCC3)n2)C1. The highest BCUT2D eigenvalue weighted by molar-refractivity contribution is 7.99. The maximum absolute atomic E-state index is 6.15. The van der Waals surface area contributed by atoms with E-state index in [0.717, 1.165) is 54.8 Å². The van der Waals surface area contributed by atoms with Crippen LogP contribution in [0, 0.1) is 5.92 Å². The molecule has 1 saturated carbocycles. The van der Waals surface area contributed by atoms with Gasteiger partial charge in [-0.25, -0.2) is 15.0 Å². The van der Waals surface area contributed by atoms with Crippen LogP contribution in [0.5, 0.6) is 0 Å². The smallest absolute Gasteiger partial charge is 0.232 e. The predicted molar refractivity (Wildman–Crippen MR) is 155 cm³/mol. The highest BCUT2D eigenvalue weighted by Crippen LogP contribution is 2.41. The average molecular weight is 554 g/mol. The molecule has 10 heteroatoms. The molecule has 5 rings (SSSR count). The normalized spacial score (nSPS) is 19.0. The van der Waals surface area contributed by atoms with Crippen LogP contribution in [0.4, 0.5) is 11.8 Å². The van der Waals surface area contributed by atoms with Crippen molar-refractivity contribution >= 4 is 52.5 Å². The lowest BCUT2D eigenvalue weighted by molar-refractivity contribution is 0.435. The lowest BCUT2D eigenvalue weighted by Gasteiger charge is -2.32. The molecule has 1 unspecified atom stereocenters. The van der Waals surface area contributed by atoms with Crippen LogP contribution in [0.3, 0.4) is 0 Å². The number of anilines is 2. The Morgan fingerprint density at radius 1 is 1.14 bits per heavy atom. The summed E-state index contributed by atoms with van der Waals surface area (Å²) in [6, 6.07) is 12.1. The van der Waals surface area contributed by atoms with Crippen LogP contribution in [-0.2, 0) is 5.41 Å². The van der Waals surface area contributed by atoms with Gasteiger partial charge in [0.2, 0.25) is 5.95 Å². The van der Waals surface area contributed by atoms with Gasteiger partial charge in [-0.2, -0.15) is 4.98 Å². The van der Waals surface area contributed by atoms with Gasteiger partial charge in [0.05, 0.1) is 0 Å². The number of rotatable bonds is 7. The monoisotopic (exact) mass is 553 g/mol. The van der Waals surface area contributed by atoms with Gasteiger partial charge in [0.25, 0.3) is 0 Å². The van der Waals surface area contributed by atoms with E-state index in [1.165, 1.54) is 36.6 Å². The molecule has 2 fully saturated rings. The summed E-state index contributed by atoms with van der Waals surface area (Å²) in [6.45, 7) is 5.01. The zero-order chi connectivity index (χ0) is 25.7. The van der Waals surface area contributed by atoms with Gasteiger partial charge in [0.15, 0.2) is 10.3 Å². The van der Waals surface area contributed by atoms with Crippen LogP contribution >= 0.6 is 35.6 Å². The molecule has 2 aliphatic rings. The number of thiocarbonyl (C=S) groups is 1. The highest BCUT2D eigenvalue weighted by atomic mass is 35.5. The Kier molecular flexibility index (Phi) is 8.42. The Morgan fingerprint density at radius 2 is 1.89 bits per heavy atom. The van der Waals surface area contributed by atoms with E-state index < -0.39 is 0 Å². The molecule has 1 atom stereocenters. The van der Waals surface area contributed by atoms with Gasteiger partial charge in [0, 0.05) is 48.5 Å². The molecule has 194 valence electrons. The largest absolute Gasteiger partial charge is 0.361 e. The fourth-order valence-electron chi connectivity index (χ4n) is 5.33. The molecule has 2 N–H and O–H groups in total. The molecule has 1 aliphatic carbocycles. The fraction of sp³-hybridized carbons (Fsp3) is 0.444. The second-order valence-corrected chi connectivity index (χ2v) is 11.8. The van der Waals surface area contributed by atoms with Crippen molar-refractivity contribution in [3.05, 3.63) is 59.4 Å². The summed E-state index contributed by atoms with van der Waals surface area (Å²) in [4.78, 5) is 20.6. The second-order valence-electron chi connectivity index (χ2n) is 10.0. The van der Waals surface area contributed by atoms with E-state index in [0.29, 0.717) is 22.1 Å². The maximum Gasteiger partial charge on any atom is 0.232 e. The van der Waals surface area contributed by atoms with Crippen LogP contribution in [0.2, 0.25) is 5.02 Å². The highest BCUT2D eigenvalue weighted by Gasteiger charge is 2.35. The third-order valence-corrected chi connectivity index (χ3v) is 8.55. The van der Waals surface area contributed by atoms with Crippen molar-refractivity contribution in [2.24, 2.45) is 5.92 Å². The molecule has 0 bridgehead atoms. The number of piperidine rings is 1. The van der Waals surface area contributed by atoms with Crippen molar-refractivity contribution in [3.8, 4) is 0 Å². The summed E-state index contributed by atoms with van der Waals surface area (Å²) < 4.78 is 0. The van der Waals surface area contributed by atoms with Gasteiger partial charge >= 0.3 is 0 Å². The van der Waals surface area contributed by atoms with Crippen molar-refractivity contribution in [3.63, 3.8) is 0 Å². The Bertz CT molecular complexity index is 1200. The van der Waals surface area contributed by atoms with Crippen LogP contribution in [0.25, 0.3) is 0 Å². The Hall–Kier alpha value is -2.49. The molecule has 3 aromatic rings. The van der Waals surface area contributed by atoms with E-state index in [1.54, 1.807) is 12.4 Å². The van der Waals surface area contributed by atoms with E-state index >= 15 is 0 Å². The molecule has 0 amide bonds. The van der Waals surface area contributed by atoms with E-state index in [-0.39, 0.29) is 5.41 Å². The van der Waals surface area contributed by atoms with Gasteiger partial charge in [0.1, 0.15) is 10.8 Å². The number of hydrogen-bond acceptors (Lipinski definition) is 7.